The van der Waals surface area contributed by atoms with Gasteiger partial charge in [-0.3, -0.25) is 4.79 Å². The lowest BCUT2D eigenvalue weighted by atomic mass is 9.79. The molecule has 4 rings (SSSR count). The third-order valence-electron chi connectivity index (χ3n) is 5.57. The molecule has 0 aromatic carbocycles. The first kappa shape index (κ1) is 19.7. The molecule has 0 radical (unpaired) electrons. The second kappa shape index (κ2) is 8.41. The van der Waals surface area contributed by atoms with Crippen molar-refractivity contribution in [3.63, 3.8) is 0 Å². The van der Waals surface area contributed by atoms with Crippen LogP contribution in [0.3, 0.4) is 0 Å². The topological polar surface area (TPSA) is 93.8 Å². The van der Waals surface area contributed by atoms with Crippen LogP contribution >= 0.6 is 11.3 Å². The van der Waals surface area contributed by atoms with Gasteiger partial charge in [-0.1, -0.05) is 5.16 Å². The number of nitrogens with one attached hydrogen (secondary N) is 1. The zero-order valence-electron chi connectivity index (χ0n) is 16.9. The number of hydrogen-bond donors (Lipinski definition) is 1. The molecule has 29 heavy (non-hydrogen) atoms. The lowest BCUT2D eigenvalue weighted by Gasteiger charge is -2.29. The van der Waals surface area contributed by atoms with E-state index in [0.29, 0.717) is 23.3 Å². The molecule has 0 saturated heterocycles. The number of aromatic nitrogens is 4. The van der Waals surface area contributed by atoms with Crippen LogP contribution in [0.2, 0.25) is 0 Å². The minimum atomic E-state index is -0.0125. The van der Waals surface area contributed by atoms with Gasteiger partial charge in [-0.15, -0.1) is 11.3 Å². The first-order chi connectivity index (χ1) is 14.0. The highest BCUT2D eigenvalue weighted by atomic mass is 32.1. The number of carbonyl (C=O) groups excluding carboxylic acids is 1. The molecule has 3 aromatic heterocycles. The van der Waals surface area contributed by atoms with Gasteiger partial charge in [0.05, 0.1) is 28.2 Å². The number of nitrogens with zero attached hydrogens (tertiary/aromatic N) is 4. The lowest BCUT2D eigenvalue weighted by molar-refractivity contribution is 0.0946. The summed E-state index contributed by atoms with van der Waals surface area (Å²) in [5.41, 5.74) is 5.35. The molecule has 8 heteroatoms. The average Bonchev–Trinajstić information content (AvgIpc) is 3.34. The van der Waals surface area contributed by atoms with E-state index in [2.05, 4.69) is 20.4 Å². The van der Waals surface area contributed by atoms with Crippen molar-refractivity contribution in [2.75, 3.05) is 6.54 Å². The number of hydrogen-bond acceptors (Lipinski definition) is 7. The quantitative estimate of drug-likeness (QED) is 0.676. The second-order valence-electron chi connectivity index (χ2n) is 7.74. The summed E-state index contributed by atoms with van der Waals surface area (Å²) in [5.74, 6) is 2.35. The van der Waals surface area contributed by atoms with Crippen molar-refractivity contribution in [2.24, 2.45) is 5.92 Å². The van der Waals surface area contributed by atoms with Gasteiger partial charge in [-0.25, -0.2) is 15.0 Å². The molecule has 0 spiro atoms. The van der Waals surface area contributed by atoms with Gasteiger partial charge < -0.3 is 9.84 Å². The van der Waals surface area contributed by atoms with Crippen LogP contribution in [0, 0.1) is 26.7 Å². The van der Waals surface area contributed by atoms with Gasteiger partial charge in [-0.05, 0) is 52.4 Å². The molecule has 1 aliphatic carbocycles. The molecule has 0 unspecified atom stereocenters. The molecule has 1 saturated carbocycles. The van der Waals surface area contributed by atoms with Gasteiger partial charge >= 0.3 is 0 Å². The van der Waals surface area contributed by atoms with Crippen LogP contribution in [0.4, 0.5) is 0 Å². The van der Waals surface area contributed by atoms with Gasteiger partial charge in [-0.2, -0.15) is 0 Å². The number of thiazole rings is 1. The molecule has 1 aliphatic rings. The highest BCUT2D eigenvalue weighted by molar-refractivity contribution is 7.11. The van der Waals surface area contributed by atoms with E-state index in [9.17, 15) is 4.79 Å². The van der Waals surface area contributed by atoms with E-state index in [1.165, 1.54) is 11.3 Å². The predicted molar refractivity (Wildman–Crippen MR) is 111 cm³/mol. The Kier molecular flexibility index (Phi) is 5.71. The summed E-state index contributed by atoms with van der Waals surface area (Å²) in [6.07, 6.45) is 6.05. The Labute approximate surface area is 174 Å². The fraction of sp³-hybridized carbons (Fsp3) is 0.476. The smallest absolute Gasteiger partial charge is 0.263 e. The van der Waals surface area contributed by atoms with Crippen molar-refractivity contribution >= 4 is 17.2 Å². The molecule has 0 atom stereocenters. The highest BCUT2D eigenvalue weighted by Gasteiger charge is 2.27. The summed E-state index contributed by atoms with van der Waals surface area (Å²) in [5, 5.41) is 7.09. The standard InChI is InChI=1S/C21H25N5O2S/c1-12-8-18(28-26-12)17-10-22-14(3)25-19(17)16-6-4-15(5-7-16)9-23-21(27)20-13(2)24-11-29-20/h8,10-11,15-16H,4-7,9H2,1-3H3,(H,23,27). The summed E-state index contributed by atoms with van der Waals surface area (Å²) >= 11 is 1.39. The third-order valence-corrected chi connectivity index (χ3v) is 6.50. The molecular formula is C21H25N5O2S. The van der Waals surface area contributed by atoms with Crippen LogP contribution in [0.5, 0.6) is 0 Å². The van der Waals surface area contributed by atoms with Crippen LogP contribution < -0.4 is 5.32 Å². The first-order valence-electron chi connectivity index (χ1n) is 9.96. The van der Waals surface area contributed by atoms with E-state index in [1.54, 1.807) is 5.51 Å². The SMILES string of the molecule is Cc1cc(-c2cnc(C)nc2C2CCC(CNC(=O)c3scnc3C)CC2)on1. The lowest BCUT2D eigenvalue weighted by Crippen LogP contribution is -2.31. The van der Waals surface area contributed by atoms with Crippen LogP contribution in [0.1, 0.15) is 64.2 Å². The second-order valence-corrected chi connectivity index (χ2v) is 8.60. The van der Waals surface area contributed by atoms with E-state index in [-0.39, 0.29) is 5.91 Å². The Morgan fingerprint density at radius 2 is 2.00 bits per heavy atom. The molecular weight excluding hydrogens is 386 g/mol. The molecule has 1 fully saturated rings. The molecule has 0 bridgehead atoms. The highest BCUT2D eigenvalue weighted by Crippen LogP contribution is 2.38. The summed E-state index contributed by atoms with van der Waals surface area (Å²) in [7, 11) is 0. The Balaban J connectivity index is 1.39. The molecule has 7 nitrogen and oxygen atoms in total. The zero-order valence-corrected chi connectivity index (χ0v) is 17.8. The summed E-state index contributed by atoms with van der Waals surface area (Å²) in [4.78, 5) is 26.3. The maximum absolute atomic E-state index is 12.3. The van der Waals surface area contributed by atoms with E-state index >= 15 is 0 Å². The van der Waals surface area contributed by atoms with Crippen LogP contribution in [0.15, 0.2) is 22.3 Å². The van der Waals surface area contributed by atoms with E-state index in [1.807, 2.05) is 33.0 Å². The monoisotopic (exact) mass is 411 g/mol. The number of amides is 1. The Bertz CT molecular complexity index is 1000. The molecule has 3 heterocycles. The fourth-order valence-electron chi connectivity index (χ4n) is 3.96. The van der Waals surface area contributed by atoms with Gasteiger partial charge in [0.2, 0.25) is 0 Å². The van der Waals surface area contributed by atoms with Crippen LogP contribution in [-0.2, 0) is 0 Å². The Hall–Kier alpha value is -2.61. The van der Waals surface area contributed by atoms with Crippen molar-refractivity contribution < 1.29 is 9.32 Å². The van der Waals surface area contributed by atoms with Gasteiger partial charge in [0.15, 0.2) is 5.76 Å². The van der Waals surface area contributed by atoms with E-state index in [4.69, 9.17) is 9.51 Å². The van der Waals surface area contributed by atoms with Crippen molar-refractivity contribution in [2.45, 2.75) is 52.4 Å². The maximum Gasteiger partial charge on any atom is 0.263 e. The van der Waals surface area contributed by atoms with E-state index in [0.717, 1.165) is 59.9 Å². The Morgan fingerprint density at radius 1 is 1.21 bits per heavy atom. The summed E-state index contributed by atoms with van der Waals surface area (Å²) < 4.78 is 5.47. The molecule has 3 aromatic rings. The normalized spacial score (nSPS) is 19.3. The van der Waals surface area contributed by atoms with Crippen molar-refractivity contribution in [1.29, 1.82) is 0 Å². The van der Waals surface area contributed by atoms with Crippen molar-refractivity contribution in [3.05, 3.63) is 45.6 Å². The van der Waals surface area contributed by atoms with Crippen LogP contribution in [-0.4, -0.2) is 32.6 Å². The predicted octanol–water partition coefficient (Wildman–Crippen LogP) is 4.22. The summed E-state index contributed by atoms with van der Waals surface area (Å²) in [6, 6.07) is 1.93. The Morgan fingerprint density at radius 3 is 2.66 bits per heavy atom. The third kappa shape index (κ3) is 4.37. The number of rotatable bonds is 5. The average molecular weight is 412 g/mol. The largest absolute Gasteiger partial charge is 0.356 e. The number of aryl methyl sites for hydroxylation is 3. The van der Waals surface area contributed by atoms with Gasteiger partial charge in [0.1, 0.15) is 10.7 Å². The molecule has 1 N–H and O–H groups in total. The van der Waals surface area contributed by atoms with Crippen molar-refractivity contribution in [3.8, 4) is 11.3 Å². The van der Waals surface area contributed by atoms with Crippen molar-refractivity contribution in [1.82, 2.24) is 25.4 Å². The van der Waals surface area contributed by atoms with Gasteiger partial charge in [0, 0.05) is 24.7 Å². The minimum Gasteiger partial charge on any atom is -0.356 e. The minimum absolute atomic E-state index is 0.0125. The summed E-state index contributed by atoms with van der Waals surface area (Å²) in [6.45, 7) is 6.41. The van der Waals surface area contributed by atoms with Crippen LogP contribution in [0.25, 0.3) is 11.3 Å². The fourth-order valence-corrected chi connectivity index (χ4v) is 4.67. The molecule has 1 amide bonds. The maximum atomic E-state index is 12.3. The first-order valence-corrected chi connectivity index (χ1v) is 10.8. The van der Waals surface area contributed by atoms with Gasteiger partial charge in [0.25, 0.3) is 5.91 Å². The zero-order chi connectivity index (χ0) is 20.4. The molecule has 152 valence electrons. The molecule has 0 aliphatic heterocycles. The van der Waals surface area contributed by atoms with E-state index < -0.39 is 0 Å². The number of carbonyl (C=O) groups is 1.